The number of hydrogen-bond donors (Lipinski definition) is 2. The highest BCUT2D eigenvalue weighted by Gasteiger charge is 2.51. The maximum Gasteiger partial charge on any atom is 0.412 e. The van der Waals surface area contributed by atoms with Crippen LogP contribution in [0.4, 0.5) is 10.5 Å². The van der Waals surface area contributed by atoms with E-state index < -0.39 is 23.6 Å². The zero-order chi connectivity index (χ0) is 27.0. The van der Waals surface area contributed by atoms with Crippen molar-refractivity contribution in [1.29, 1.82) is 0 Å². The summed E-state index contributed by atoms with van der Waals surface area (Å²) in [5.74, 6) is -0.753. The maximum absolute atomic E-state index is 12.8. The predicted octanol–water partition coefficient (Wildman–Crippen LogP) is 8.17. The maximum atomic E-state index is 12.8. The van der Waals surface area contributed by atoms with Crippen LogP contribution in [0.25, 0.3) is 21.6 Å². The fourth-order valence-corrected chi connectivity index (χ4v) is 5.85. The fourth-order valence-electron chi connectivity index (χ4n) is 4.72. The number of ether oxygens (including phenoxy) is 1. The summed E-state index contributed by atoms with van der Waals surface area (Å²) in [6.45, 7) is 5.66. The first-order valence-corrected chi connectivity index (χ1v) is 13.5. The van der Waals surface area contributed by atoms with Crippen LogP contribution in [0.2, 0.25) is 5.02 Å². The highest BCUT2D eigenvalue weighted by molar-refractivity contribution is 7.10. The predicted molar refractivity (Wildman–Crippen MR) is 151 cm³/mol. The Balaban J connectivity index is 1.34. The monoisotopic (exact) mass is 546 g/mol. The van der Waals surface area contributed by atoms with Gasteiger partial charge in [-0.3, -0.25) is 10.1 Å². The van der Waals surface area contributed by atoms with E-state index in [0.717, 1.165) is 38.3 Å². The second-order valence-corrected chi connectivity index (χ2v) is 10.8. The normalized spacial score (nSPS) is 14.5. The Labute approximate surface area is 230 Å². The highest BCUT2D eigenvalue weighted by atomic mass is 35.5. The summed E-state index contributed by atoms with van der Waals surface area (Å²) in [5.41, 5.74) is 6.28. The standard InChI is InChI=1S/C30H27ClN2O4S/c1-17-16-21(10-13-23(17)20-8-11-22(12-9-20)30(14-15-30)28(34)35)27-26(18(2)33-38-27)32-29(36)37-19(3)24-6-4-5-7-25(24)31/h4-13,16,19H,14-15H2,1-3H3,(H,32,36)(H,34,35)/t19-/m1/s1. The van der Waals surface area contributed by atoms with Gasteiger partial charge < -0.3 is 9.84 Å². The number of hydrogen-bond acceptors (Lipinski definition) is 5. The molecule has 1 atom stereocenters. The molecule has 0 spiro atoms. The fraction of sp³-hybridized carbons (Fsp3) is 0.233. The molecule has 1 saturated carbocycles. The molecule has 0 aliphatic heterocycles. The van der Waals surface area contributed by atoms with E-state index in [4.69, 9.17) is 16.3 Å². The Morgan fingerprint density at radius 1 is 1.05 bits per heavy atom. The second-order valence-electron chi connectivity index (χ2n) is 9.66. The summed E-state index contributed by atoms with van der Waals surface area (Å²) in [4.78, 5) is 25.2. The van der Waals surface area contributed by atoms with Gasteiger partial charge in [0.25, 0.3) is 0 Å². The lowest BCUT2D eigenvalue weighted by atomic mass is 9.92. The molecule has 6 nitrogen and oxygen atoms in total. The molecular weight excluding hydrogens is 520 g/mol. The molecule has 1 aliphatic rings. The average Bonchev–Trinajstić information content (AvgIpc) is 3.64. The van der Waals surface area contributed by atoms with E-state index >= 15 is 0 Å². The number of aryl methyl sites for hydroxylation is 2. The summed E-state index contributed by atoms with van der Waals surface area (Å²) in [5, 5.41) is 13.0. The number of rotatable bonds is 7. The number of amides is 1. The molecule has 1 heterocycles. The molecule has 4 aromatic rings. The molecular formula is C30H27ClN2O4S. The van der Waals surface area contributed by atoms with Gasteiger partial charge in [-0.2, -0.15) is 4.37 Å². The van der Waals surface area contributed by atoms with E-state index in [0.29, 0.717) is 29.2 Å². The van der Waals surface area contributed by atoms with Crippen LogP contribution in [-0.4, -0.2) is 21.5 Å². The molecule has 0 saturated heterocycles. The van der Waals surface area contributed by atoms with Crippen molar-refractivity contribution >= 4 is 40.9 Å². The molecule has 5 rings (SSSR count). The minimum Gasteiger partial charge on any atom is -0.481 e. The summed E-state index contributed by atoms with van der Waals surface area (Å²) in [7, 11) is 0. The molecule has 8 heteroatoms. The SMILES string of the molecule is Cc1cc(-c2snc(C)c2NC(=O)O[C@H](C)c2ccccc2Cl)ccc1-c1ccc(C2(C(=O)O)CC2)cc1. The lowest BCUT2D eigenvalue weighted by Gasteiger charge is -2.16. The third kappa shape index (κ3) is 4.91. The van der Waals surface area contributed by atoms with Gasteiger partial charge in [-0.05, 0) is 85.1 Å². The average molecular weight is 547 g/mol. The third-order valence-electron chi connectivity index (χ3n) is 7.11. The molecule has 1 aromatic heterocycles. The number of anilines is 1. The van der Waals surface area contributed by atoms with E-state index in [1.807, 2.05) is 68.4 Å². The van der Waals surface area contributed by atoms with Crippen LogP contribution in [0.1, 0.15) is 48.3 Å². The van der Waals surface area contributed by atoms with Gasteiger partial charge in [-0.15, -0.1) is 0 Å². The Morgan fingerprint density at radius 3 is 2.37 bits per heavy atom. The molecule has 2 N–H and O–H groups in total. The van der Waals surface area contributed by atoms with Gasteiger partial charge in [-0.1, -0.05) is 66.2 Å². The van der Waals surface area contributed by atoms with Gasteiger partial charge in [-0.25, -0.2) is 4.79 Å². The molecule has 1 aliphatic carbocycles. The minimum absolute atomic E-state index is 0.516. The van der Waals surface area contributed by atoms with Crippen molar-refractivity contribution in [3.8, 4) is 21.6 Å². The first kappa shape index (κ1) is 25.9. The lowest BCUT2D eigenvalue weighted by Crippen LogP contribution is -2.19. The van der Waals surface area contributed by atoms with Crippen molar-refractivity contribution in [3.05, 3.63) is 94.1 Å². The van der Waals surface area contributed by atoms with Crippen LogP contribution in [0.15, 0.2) is 66.7 Å². The van der Waals surface area contributed by atoms with Crippen molar-refractivity contribution < 1.29 is 19.4 Å². The number of carboxylic acids is 1. The van der Waals surface area contributed by atoms with Crippen LogP contribution in [0.3, 0.4) is 0 Å². The number of carbonyl (C=O) groups is 2. The number of carboxylic acid groups (broad SMARTS) is 1. The first-order chi connectivity index (χ1) is 18.2. The summed E-state index contributed by atoms with van der Waals surface area (Å²) in [6.07, 6.45) is 0.279. The van der Waals surface area contributed by atoms with Gasteiger partial charge in [0.1, 0.15) is 6.10 Å². The first-order valence-electron chi connectivity index (χ1n) is 12.3. The molecule has 3 aromatic carbocycles. The Hall–Kier alpha value is -3.68. The Morgan fingerprint density at radius 2 is 1.74 bits per heavy atom. The molecule has 1 fully saturated rings. The minimum atomic E-state index is -0.753. The third-order valence-corrected chi connectivity index (χ3v) is 8.45. The number of carbonyl (C=O) groups excluding carboxylic acids is 1. The molecule has 194 valence electrons. The van der Waals surface area contributed by atoms with E-state index in [-0.39, 0.29) is 0 Å². The zero-order valence-electron chi connectivity index (χ0n) is 21.2. The molecule has 0 bridgehead atoms. The van der Waals surface area contributed by atoms with Crippen LogP contribution < -0.4 is 5.32 Å². The van der Waals surface area contributed by atoms with Crippen molar-refractivity contribution in [2.24, 2.45) is 0 Å². The van der Waals surface area contributed by atoms with Crippen LogP contribution in [0, 0.1) is 13.8 Å². The van der Waals surface area contributed by atoms with E-state index in [9.17, 15) is 14.7 Å². The van der Waals surface area contributed by atoms with E-state index in [2.05, 4.69) is 15.8 Å². The molecule has 1 amide bonds. The largest absolute Gasteiger partial charge is 0.481 e. The van der Waals surface area contributed by atoms with Gasteiger partial charge in [0.05, 0.1) is 21.7 Å². The quantitative estimate of drug-likeness (QED) is 0.244. The van der Waals surface area contributed by atoms with Crippen molar-refractivity contribution in [2.45, 2.75) is 45.1 Å². The number of aliphatic carboxylic acids is 1. The van der Waals surface area contributed by atoms with Crippen LogP contribution in [0.5, 0.6) is 0 Å². The summed E-state index contributed by atoms with van der Waals surface area (Å²) < 4.78 is 10.1. The smallest absolute Gasteiger partial charge is 0.412 e. The number of benzene rings is 3. The van der Waals surface area contributed by atoms with Gasteiger partial charge in [0.2, 0.25) is 0 Å². The lowest BCUT2D eigenvalue weighted by molar-refractivity contribution is -0.140. The van der Waals surface area contributed by atoms with Crippen molar-refractivity contribution in [2.75, 3.05) is 5.32 Å². The van der Waals surface area contributed by atoms with Crippen LogP contribution in [-0.2, 0) is 14.9 Å². The number of aromatic nitrogens is 1. The zero-order valence-corrected chi connectivity index (χ0v) is 22.8. The molecule has 0 unspecified atom stereocenters. The van der Waals surface area contributed by atoms with E-state index in [1.54, 1.807) is 13.0 Å². The summed E-state index contributed by atoms with van der Waals surface area (Å²) in [6, 6.07) is 21.2. The molecule has 0 radical (unpaired) electrons. The number of halogens is 1. The topological polar surface area (TPSA) is 88.5 Å². The van der Waals surface area contributed by atoms with Gasteiger partial charge >= 0.3 is 12.1 Å². The van der Waals surface area contributed by atoms with Gasteiger partial charge in [0, 0.05) is 10.6 Å². The molecule has 38 heavy (non-hydrogen) atoms. The Bertz CT molecular complexity index is 1530. The number of nitrogens with one attached hydrogen (secondary N) is 1. The number of nitrogens with zero attached hydrogens (tertiary/aromatic N) is 1. The van der Waals surface area contributed by atoms with Crippen molar-refractivity contribution in [3.63, 3.8) is 0 Å². The van der Waals surface area contributed by atoms with E-state index in [1.165, 1.54) is 11.5 Å². The van der Waals surface area contributed by atoms with Crippen molar-refractivity contribution in [1.82, 2.24) is 4.37 Å². The highest BCUT2D eigenvalue weighted by Crippen LogP contribution is 2.48. The Kier molecular flexibility index (Phi) is 6.99. The summed E-state index contributed by atoms with van der Waals surface area (Å²) >= 11 is 7.56. The van der Waals surface area contributed by atoms with Crippen LogP contribution >= 0.6 is 23.1 Å². The van der Waals surface area contributed by atoms with Gasteiger partial charge in [0.15, 0.2) is 0 Å². The second kappa shape index (κ2) is 10.2.